The largest absolute Gasteiger partial charge is 0.340 e. The third-order valence-corrected chi connectivity index (χ3v) is 3.60. The minimum absolute atomic E-state index is 0.0848. The molecule has 1 rings (SSSR count). The average molecular weight is 314 g/mol. The van der Waals surface area contributed by atoms with Gasteiger partial charge in [0.1, 0.15) is 5.69 Å². The van der Waals surface area contributed by atoms with Crippen LogP contribution in [0.2, 0.25) is 0 Å². The quantitative estimate of drug-likeness (QED) is 0.907. The number of aromatic nitrogens is 1. The maximum absolute atomic E-state index is 12.1. The summed E-state index contributed by atoms with van der Waals surface area (Å²) < 4.78 is 0.718. The van der Waals surface area contributed by atoms with Crippen LogP contribution in [0.15, 0.2) is 22.8 Å². The van der Waals surface area contributed by atoms with E-state index >= 15 is 0 Å². The number of nitrogens with two attached hydrogens (primary N) is 1. The van der Waals surface area contributed by atoms with Gasteiger partial charge in [-0.25, -0.2) is 4.98 Å². The minimum Gasteiger partial charge on any atom is -0.340 e. The van der Waals surface area contributed by atoms with E-state index in [9.17, 15) is 4.79 Å². The van der Waals surface area contributed by atoms with Gasteiger partial charge in [0.05, 0.1) is 0 Å². The van der Waals surface area contributed by atoms with Crippen molar-refractivity contribution in [3.8, 4) is 0 Å². The van der Waals surface area contributed by atoms with Gasteiger partial charge in [-0.3, -0.25) is 4.79 Å². The molecule has 4 nitrogen and oxygen atoms in total. The fraction of sp³-hybridized carbons (Fsp3) is 0.538. The summed E-state index contributed by atoms with van der Waals surface area (Å²) in [6, 6.07) is 3.72. The van der Waals surface area contributed by atoms with Crippen molar-refractivity contribution in [1.29, 1.82) is 0 Å². The first kappa shape index (κ1) is 15.1. The zero-order valence-electron chi connectivity index (χ0n) is 11.1. The second kappa shape index (κ2) is 6.85. The highest BCUT2D eigenvalue weighted by Crippen LogP contribution is 2.15. The van der Waals surface area contributed by atoms with E-state index in [2.05, 4.69) is 34.8 Å². The summed E-state index contributed by atoms with van der Waals surface area (Å²) in [5.41, 5.74) is 6.41. The van der Waals surface area contributed by atoms with E-state index in [1.54, 1.807) is 24.2 Å². The van der Waals surface area contributed by atoms with Gasteiger partial charge in [-0.1, -0.05) is 13.8 Å². The molecule has 1 aromatic heterocycles. The molecular formula is C13H20BrN3O. The van der Waals surface area contributed by atoms with Crippen molar-refractivity contribution in [1.82, 2.24) is 9.88 Å². The SMILES string of the molecule is CC(C)C(N)CCN(C)C(=O)c1ncccc1Br. The van der Waals surface area contributed by atoms with Crippen LogP contribution in [0.3, 0.4) is 0 Å². The number of pyridine rings is 1. The first-order valence-corrected chi connectivity index (χ1v) is 6.84. The third kappa shape index (κ3) is 4.07. The van der Waals surface area contributed by atoms with Gasteiger partial charge in [-0.2, -0.15) is 0 Å². The maximum Gasteiger partial charge on any atom is 0.273 e. The second-order valence-corrected chi connectivity index (χ2v) is 5.61. The normalized spacial score (nSPS) is 12.6. The molecule has 1 unspecified atom stereocenters. The van der Waals surface area contributed by atoms with E-state index in [1.807, 2.05) is 6.07 Å². The molecule has 0 radical (unpaired) electrons. The molecule has 0 aliphatic heterocycles. The molecule has 0 spiro atoms. The highest BCUT2D eigenvalue weighted by atomic mass is 79.9. The lowest BCUT2D eigenvalue weighted by molar-refractivity contribution is 0.0782. The van der Waals surface area contributed by atoms with Crippen LogP contribution >= 0.6 is 15.9 Å². The lowest BCUT2D eigenvalue weighted by Crippen LogP contribution is -2.35. The van der Waals surface area contributed by atoms with Crippen LogP contribution in [0.5, 0.6) is 0 Å². The first-order valence-electron chi connectivity index (χ1n) is 6.05. The Labute approximate surface area is 117 Å². The van der Waals surface area contributed by atoms with Gasteiger partial charge in [-0.05, 0) is 40.4 Å². The summed E-state index contributed by atoms with van der Waals surface area (Å²) in [5, 5.41) is 0. The molecule has 0 aliphatic carbocycles. The first-order chi connectivity index (χ1) is 8.43. The fourth-order valence-electron chi connectivity index (χ4n) is 1.50. The minimum atomic E-state index is -0.0848. The van der Waals surface area contributed by atoms with E-state index in [0.717, 1.165) is 10.9 Å². The van der Waals surface area contributed by atoms with Crippen LogP contribution in [0.1, 0.15) is 30.8 Å². The molecular weight excluding hydrogens is 294 g/mol. The molecule has 1 heterocycles. The van der Waals surface area contributed by atoms with Crippen molar-refractivity contribution in [2.75, 3.05) is 13.6 Å². The maximum atomic E-state index is 12.1. The smallest absolute Gasteiger partial charge is 0.273 e. The van der Waals surface area contributed by atoms with Crippen molar-refractivity contribution in [2.45, 2.75) is 26.3 Å². The number of carbonyl (C=O) groups excluding carboxylic acids is 1. The number of nitrogens with zero attached hydrogens (tertiary/aromatic N) is 2. The Morgan fingerprint density at radius 1 is 1.56 bits per heavy atom. The van der Waals surface area contributed by atoms with Crippen molar-refractivity contribution < 1.29 is 4.79 Å². The van der Waals surface area contributed by atoms with Crippen molar-refractivity contribution in [3.63, 3.8) is 0 Å². The van der Waals surface area contributed by atoms with Gasteiger partial charge in [-0.15, -0.1) is 0 Å². The lowest BCUT2D eigenvalue weighted by atomic mass is 10.0. The van der Waals surface area contributed by atoms with E-state index in [1.165, 1.54) is 0 Å². The molecule has 1 amide bonds. The van der Waals surface area contributed by atoms with Gasteiger partial charge in [0.15, 0.2) is 0 Å². The molecule has 0 fully saturated rings. The Hall–Kier alpha value is -0.940. The Morgan fingerprint density at radius 3 is 2.78 bits per heavy atom. The fourth-order valence-corrected chi connectivity index (χ4v) is 1.93. The van der Waals surface area contributed by atoms with Crippen molar-refractivity contribution in [2.24, 2.45) is 11.7 Å². The summed E-state index contributed by atoms with van der Waals surface area (Å²) in [6.07, 6.45) is 2.41. The van der Waals surface area contributed by atoms with Gasteiger partial charge in [0.25, 0.3) is 5.91 Å². The van der Waals surface area contributed by atoms with Gasteiger partial charge in [0.2, 0.25) is 0 Å². The lowest BCUT2D eigenvalue weighted by Gasteiger charge is -2.21. The summed E-state index contributed by atoms with van der Waals surface area (Å²) in [6.45, 7) is 4.81. The monoisotopic (exact) mass is 313 g/mol. The molecule has 18 heavy (non-hydrogen) atoms. The average Bonchev–Trinajstić information content (AvgIpc) is 2.35. The molecule has 100 valence electrons. The zero-order valence-corrected chi connectivity index (χ0v) is 12.6. The Morgan fingerprint density at radius 2 is 2.22 bits per heavy atom. The Bertz CT molecular complexity index is 409. The van der Waals surface area contributed by atoms with E-state index in [4.69, 9.17) is 5.73 Å². The second-order valence-electron chi connectivity index (χ2n) is 4.76. The molecule has 2 N–H and O–H groups in total. The number of hydrogen-bond donors (Lipinski definition) is 1. The van der Waals surface area contributed by atoms with E-state index < -0.39 is 0 Å². The number of rotatable bonds is 5. The van der Waals surface area contributed by atoms with Crippen molar-refractivity contribution in [3.05, 3.63) is 28.5 Å². The topological polar surface area (TPSA) is 59.2 Å². The van der Waals surface area contributed by atoms with Crippen LogP contribution in [0.25, 0.3) is 0 Å². The number of halogens is 1. The van der Waals surface area contributed by atoms with Gasteiger partial charge >= 0.3 is 0 Å². The predicted molar refractivity (Wildman–Crippen MR) is 76.3 cm³/mol. The highest BCUT2D eigenvalue weighted by Gasteiger charge is 2.17. The van der Waals surface area contributed by atoms with Gasteiger partial charge < -0.3 is 10.6 Å². The van der Waals surface area contributed by atoms with Crippen LogP contribution < -0.4 is 5.73 Å². The molecule has 0 aromatic carbocycles. The molecule has 0 bridgehead atoms. The van der Waals surface area contributed by atoms with E-state index in [0.29, 0.717) is 18.2 Å². The van der Waals surface area contributed by atoms with Gasteiger partial charge in [0, 0.05) is 30.3 Å². The third-order valence-electron chi connectivity index (χ3n) is 2.96. The molecule has 0 saturated heterocycles. The number of carbonyl (C=O) groups is 1. The standard InChI is InChI=1S/C13H20BrN3O/c1-9(2)11(15)6-8-17(3)13(18)12-10(14)5-4-7-16-12/h4-5,7,9,11H,6,8,15H2,1-3H3. The molecule has 1 atom stereocenters. The molecule has 1 aromatic rings. The zero-order chi connectivity index (χ0) is 13.7. The highest BCUT2D eigenvalue weighted by molar-refractivity contribution is 9.10. The molecule has 0 saturated carbocycles. The summed E-state index contributed by atoms with van der Waals surface area (Å²) in [5.74, 6) is 0.341. The Kier molecular flexibility index (Phi) is 5.75. The van der Waals surface area contributed by atoms with E-state index in [-0.39, 0.29) is 11.9 Å². The van der Waals surface area contributed by atoms with Crippen LogP contribution in [-0.4, -0.2) is 35.4 Å². The number of amides is 1. The summed E-state index contributed by atoms with van der Waals surface area (Å²) in [4.78, 5) is 17.9. The van der Waals surface area contributed by atoms with Crippen molar-refractivity contribution >= 4 is 21.8 Å². The summed E-state index contributed by atoms with van der Waals surface area (Å²) >= 11 is 3.33. The molecule has 0 aliphatic rings. The Balaban J connectivity index is 2.60. The van der Waals surface area contributed by atoms with Crippen LogP contribution in [0.4, 0.5) is 0 Å². The summed E-state index contributed by atoms with van der Waals surface area (Å²) in [7, 11) is 1.77. The molecule has 5 heteroatoms. The van der Waals surface area contributed by atoms with Crippen LogP contribution in [-0.2, 0) is 0 Å². The number of hydrogen-bond acceptors (Lipinski definition) is 3. The van der Waals surface area contributed by atoms with Crippen LogP contribution in [0, 0.1) is 5.92 Å². The predicted octanol–water partition coefficient (Wildman–Crippen LogP) is 2.29.